The van der Waals surface area contributed by atoms with Crippen molar-refractivity contribution in [3.63, 3.8) is 0 Å². The average Bonchev–Trinajstić information content (AvgIpc) is 3.51. The molecule has 20 heteroatoms. The summed E-state index contributed by atoms with van der Waals surface area (Å²) in [5, 5.41) is 64.2. The van der Waals surface area contributed by atoms with E-state index in [2.05, 4.69) is 10.6 Å². The van der Waals surface area contributed by atoms with Crippen LogP contribution in [0.3, 0.4) is 0 Å². The second-order valence-corrected chi connectivity index (χ2v) is 14.7. The molecule has 8 N–H and O–H groups in total. The van der Waals surface area contributed by atoms with Gasteiger partial charge in [0.1, 0.15) is 12.8 Å². The number of nitrogens with one attached hydrogen (secondary N) is 2. The summed E-state index contributed by atoms with van der Waals surface area (Å²) < 4.78 is 0.576. The Balaban J connectivity index is 1.52. The third-order valence-electron chi connectivity index (χ3n) is 10.2. The van der Waals surface area contributed by atoms with Crippen molar-refractivity contribution in [1.82, 2.24) is 30.1 Å². The third-order valence-corrected chi connectivity index (χ3v) is 10.2. The predicted molar refractivity (Wildman–Crippen MR) is 208 cm³/mol. The lowest BCUT2D eigenvalue weighted by Crippen LogP contribution is -2.53. The van der Waals surface area contributed by atoms with E-state index in [0.717, 1.165) is 22.6 Å². The molecule has 0 saturated heterocycles. The molecule has 1 aliphatic carbocycles. The van der Waals surface area contributed by atoms with Crippen LogP contribution < -0.4 is 15.5 Å². The number of aromatic hydroxyl groups is 2. The summed E-state index contributed by atoms with van der Waals surface area (Å²) in [6.45, 7) is 0.207. The lowest BCUT2D eigenvalue weighted by Gasteiger charge is -2.32. The molecule has 1 fully saturated rings. The van der Waals surface area contributed by atoms with Crippen LogP contribution in [-0.4, -0.2) is 170 Å². The number of unbranched alkanes of at least 4 members (excludes halogenated alkanes) is 1. The number of benzene rings is 1. The van der Waals surface area contributed by atoms with Gasteiger partial charge >= 0.3 is 23.9 Å². The van der Waals surface area contributed by atoms with E-state index in [4.69, 9.17) is 4.84 Å². The van der Waals surface area contributed by atoms with Crippen molar-refractivity contribution in [2.45, 2.75) is 57.4 Å². The second-order valence-electron chi connectivity index (χ2n) is 14.7. The van der Waals surface area contributed by atoms with Gasteiger partial charge in [-0.3, -0.25) is 33.8 Å². The van der Waals surface area contributed by atoms with E-state index in [1.165, 1.54) is 9.80 Å². The quantitative estimate of drug-likeness (QED) is 0.0426. The number of hydrogen-bond acceptors (Lipinski definition) is 14. The van der Waals surface area contributed by atoms with Crippen LogP contribution >= 0.6 is 0 Å². The molecule has 0 aliphatic heterocycles. The summed E-state index contributed by atoms with van der Waals surface area (Å²) in [5.41, 5.74) is 0.169. The fraction of sp³-hybridized carbons (Fsp3) is 0.564. The number of aryl methyl sites for hydroxylation is 1. The Labute approximate surface area is 341 Å². The number of nitrogens with zero attached hydrogens (tertiary/aromatic N) is 4. The Morgan fingerprint density at radius 2 is 1.37 bits per heavy atom. The number of carboxylic acid groups (broad SMARTS) is 3. The summed E-state index contributed by atoms with van der Waals surface area (Å²) in [6.07, 6.45) is 2.74. The summed E-state index contributed by atoms with van der Waals surface area (Å²) in [4.78, 5) is 95.1. The first kappa shape index (κ1) is 47.8. The van der Waals surface area contributed by atoms with Gasteiger partial charge in [0.15, 0.2) is 0 Å². The third kappa shape index (κ3) is 16.0. The van der Waals surface area contributed by atoms with Gasteiger partial charge in [0.05, 0.1) is 31.2 Å². The Morgan fingerprint density at radius 1 is 0.797 bits per heavy atom. The van der Waals surface area contributed by atoms with Gasteiger partial charge in [0.25, 0.3) is 5.91 Å². The van der Waals surface area contributed by atoms with Crippen molar-refractivity contribution < 1.29 is 69.0 Å². The standard InChI is InChI=1S/C39H56N6O14/c1-27-5-4-6-30(21-27)36(56)40-14-3-2-13-39(25-46,26-47)41-15-16-42(22-33(50)51)17-18-43(23-34(52)53)19-20-44(24-35(54)55)37(57)28-7-9-29(10-8-28)38(58)59-45-31(48)11-12-32(45)49/h4-6,11-12,21,25,28-29,41,47-49H,2-3,7-10,13-20,22-24,26H2,1H3,(H,40,56)(H,50,51)(H,52,53)(H,54,55). The minimum absolute atomic E-state index is 0.0293. The molecule has 1 aromatic heterocycles. The molecule has 1 saturated carbocycles. The molecule has 1 aromatic carbocycles. The normalized spacial score (nSPS) is 16.3. The van der Waals surface area contributed by atoms with Crippen LogP contribution in [0.4, 0.5) is 0 Å². The van der Waals surface area contributed by atoms with E-state index >= 15 is 0 Å². The highest BCUT2D eigenvalue weighted by atomic mass is 16.7. The van der Waals surface area contributed by atoms with Crippen LogP contribution in [0.25, 0.3) is 0 Å². The lowest BCUT2D eigenvalue weighted by molar-refractivity contribution is -0.153. The number of aldehydes is 1. The first-order valence-electron chi connectivity index (χ1n) is 19.4. The average molecular weight is 833 g/mol. The lowest BCUT2D eigenvalue weighted by atomic mass is 9.81. The minimum atomic E-state index is -1.32. The summed E-state index contributed by atoms with van der Waals surface area (Å²) in [5.74, 6) is -7.30. The summed E-state index contributed by atoms with van der Waals surface area (Å²) in [7, 11) is 0. The van der Waals surface area contributed by atoms with Gasteiger partial charge in [-0.1, -0.05) is 17.7 Å². The molecule has 3 rings (SSSR count). The van der Waals surface area contributed by atoms with Crippen LogP contribution in [-0.2, 0) is 28.8 Å². The van der Waals surface area contributed by atoms with Crippen LogP contribution in [0.5, 0.6) is 11.8 Å². The SMILES string of the molecule is Cc1cccc(C(=O)NCCCCC(C=O)(CO)NCCN(CCN(CCN(CC(=O)O)C(=O)C2CCC(C(=O)On3c(O)ccc3O)CC2)CC(=O)O)CC(=O)O)c1. The zero-order chi connectivity index (χ0) is 43.5. The number of aliphatic hydroxyl groups is 1. The maximum absolute atomic E-state index is 13.5. The molecule has 59 heavy (non-hydrogen) atoms. The fourth-order valence-electron chi connectivity index (χ4n) is 6.87. The van der Waals surface area contributed by atoms with Gasteiger partial charge in [-0.05, 0) is 64.0 Å². The van der Waals surface area contributed by atoms with Crippen molar-refractivity contribution in [1.29, 1.82) is 0 Å². The van der Waals surface area contributed by atoms with Crippen molar-refractivity contribution in [2.24, 2.45) is 11.8 Å². The highest BCUT2D eigenvalue weighted by molar-refractivity contribution is 5.94. The highest BCUT2D eigenvalue weighted by Gasteiger charge is 2.35. The smallest absolute Gasteiger partial charge is 0.336 e. The second kappa shape index (κ2) is 23.7. The number of aliphatic hydroxyl groups excluding tert-OH is 1. The summed E-state index contributed by atoms with van der Waals surface area (Å²) >= 11 is 0. The molecule has 0 spiro atoms. The van der Waals surface area contributed by atoms with Crippen LogP contribution in [0, 0.1) is 18.8 Å². The maximum Gasteiger partial charge on any atom is 0.336 e. The van der Waals surface area contributed by atoms with Crippen molar-refractivity contribution in [3.05, 3.63) is 47.5 Å². The van der Waals surface area contributed by atoms with Gasteiger partial charge in [-0.25, -0.2) is 4.79 Å². The van der Waals surface area contributed by atoms with E-state index in [9.17, 15) is 64.2 Å². The Kier molecular flexibility index (Phi) is 19.2. The number of hydrogen-bond donors (Lipinski definition) is 8. The van der Waals surface area contributed by atoms with Crippen molar-refractivity contribution >= 4 is 42.0 Å². The van der Waals surface area contributed by atoms with E-state index in [1.54, 1.807) is 18.2 Å². The molecule has 1 unspecified atom stereocenters. The molecule has 20 nitrogen and oxygen atoms in total. The zero-order valence-electron chi connectivity index (χ0n) is 33.2. The minimum Gasteiger partial charge on any atom is -0.492 e. The maximum atomic E-state index is 13.5. The number of carboxylic acids is 3. The van der Waals surface area contributed by atoms with Gasteiger partial charge in [-0.2, -0.15) is 0 Å². The number of amides is 2. The van der Waals surface area contributed by atoms with E-state index in [1.807, 2.05) is 13.0 Å². The van der Waals surface area contributed by atoms with Crippen LogP contribution in [0.1, 0.15) is 60.9 Å². The van der Waals surface area contributed by atoms with Crippen molar-refractivity contribution in [2.75, 3.05) is 72.1 Å². The monoisotopic (exact) mass is 832 g/mol. The fourth-order valence-corrected chi connectivity index (χ4v) is 6.87. The molecular formula is C39H56N6O14. The Morgan fingerprint density at radius 3 is 1.93 bits per heavy atom. The topological polar surface area (TPSA) is 289 Å². The van der Waals surface area contributed by atoms with Gasteiger partial charge in [0.2, 0.25) is 17.7 Å². The number of rotatable bonds is 27. The first-order chi connectivity index (χ1) is 28.1. The molecule has 2 aromatic rings. The molecule has 2 amide bonds. The van der Waals surface area contributed by atoms with Gasteiger partial charge < -0.3 is 55.8 Å². The Bertz CT molecular complexity index is 1730. The van der Waals surface area contributed by atoms with E-state index < -0.39 is 85.2 Å². The molecule has 1 aliphatic rings. The predicted octanol–water partition coefficient (Wildman–Crippen LogP) is -0.224. The van der Waals surface area contributed by atoms with Crippen LogP contribution in [0.15, 0.2) is 36.4 Å². The number of carbonyl (C=O) groups is 7. The van der Waals surface area contributed by atoms with E-state index in [-0.39, 0.29) is 77.3 Å². The molecule has 326 valence electrons. The van der Waals surface area contributed by atoms with E-state index in [0.29, 0.717) is 36.0 Å². The molecule has 1 heterocycles. The van der Waals surface area contributed by atoms with Gasteiger partial charge in [-0.15, -0.1) is 4.73 Å². The molecular weight excluding hydrogens is 776 g/mol. The summed E-state index contributed by atoms with van der Waals surface area (Å²) in [6, 6.07) is 9.43. The first-order valence-corrected chi connectivity index (χ1v) is 19.4. The molecule has 0 bridgehead atoms. The molecule has 1 atom stereocenters. The van der Waals surface area contributed by atoms with Gasteiger partial charge in [0, 0.05) is 69.4 Å². The number of carbonyl (C=O) groups excluding carboxylic acids is 4. The highest BCUT2D eigenvalue weighted by Crippen LogP contribution is 2.31. The Hall–Kier alpha value is -5.57. The van der Waals surface area contributed by atoms with Crippen molar-refractivity contribution in [3.8, 4) is 11.8 Å². The zero-order valence-corrected chi connectivity index (χ0v) is 33.2. The van der Waals surface area contributed by atoms with Crippen LogP contribution in [0.2, 0.25) is 0 Å². The number of aliphatic carboxylic acids is 3. The number of aromatic nitrogens is 1. The largest absolute Gasteiger partial charge is 0.492 e. The molecule has 0 radical (unpaired) electrons.